The molecule has 0 bridgehead atoms. The monoisotopic (exact) mass is 470 g/mol. The van der Waals surface area contributed by atoms with Crippen LogP contribution in [0.3, 0.4) is 0 Å². The lowest BCUT2D eigenvalue weighted by Gasteiger charge is -2.11. The van der Waals surface area contributed by atoms with Crippen molar-refractivity contribution in [3.05, 3.63) is 119 Å². The summed E-state index contributed by atoms with van der Waals surface area (Å²) < 4.78 is 30.9. The molecule has 0 heterocycles. The van der Waals surface area contributed by atoms with Gasteiger partial charge in [0.2, 0.25) is 0 Å². The van der Waals surface area contributed by atoms with Gasteiger partial charge in [-0.3, -0.25) is 0 Å². The van der Waals surface area contributed by atoms with Crippen molar-refractivity contribution in [3.63, 3.8) is 0 Å². The summed E-state index contributed by atoms with van der Waals surface area (Å²) in [5.74, 6) is -0.128. The van der Waals surface area contributed by atoms with Crippen molar-refractivity contribution >= 4 is 15.8 Å². The summed E-state index contributed by atoms with van der Waals surface area (Å²) >= 11 is 0. The van der Waals surface area contributed by atoms with Gasteiger partial charge in [-0.15, -0.1) is 0 Å². The predicted octanol–water partition coefficient (Wildman–Crippen LogP) is 6.47. The molecule has 0 saturated heterocycles. The Balaban J connectivity index is 1.45. The maximum Gasteiger partial charge on any atom is 0.343 e. The largest absolute Gasteiger partial charge is 0.423 e. The van der Waals surface area contributed by atoms with E-state index in [1.54, 1.807) is 54.6 Å². The Morgan fingerprint density at radius 2 is 1.41 bits per heavy atom. The van der Waals surface area contributed by atoms with Gasteiger partial charge in [0, 0.05) is 0 Å². The van der Waals surface area contributed by atoms with Crippen LogP contribution in [0.15, 0.2) is 95.9 Å². The Bertz CT molecular complexity index is 1430. The van der Waals surface area contributed by atoms with E-state index in [2.05, 4.69) is 19.1 Å². The number of aryl methyl sites for hydroxylation is 3. The lowest BCUT2D eigenvalue weighted by atomic mass is 10.0. The van der Waals surface area contributed by atoms with Gasteiger partial charge in [0.1, 0.15) is 5.75 Å². The Labute approximate surface area is 200 Å². The third-order valence-electron chi connectivity index (χ3n) is 5.66. The second kappa shape index (κ2) is 9.65. The first-order valence-electron chi connectivity index (χ1n) is 11.0. The molecule has 0 unspecified atom stereocenters. The second-order valence-electron chi connectivity index (χ2n) is 8.51. The highest BCUT2D eigenvalue weighted by molar-refractivity contribution is 7.90. The van der Waals surface area contributed by atoms with Gasteiger partial charge < -0.3 is 4.74 Å². The molecule has 0 aliphatic carbocycles. The van der Waals surface area contributed by atoms with E-state index in [4.69, 9.17) is 4.74 Å². The van der Waals surface area contributed by atoms with E-state index >= 15 is 0 Å². The highest BCUT2D eigenvalue weighted by Gasteiger charge is 2.16. The molecular formula is C29H26O4S. The summed E-state index contributed by atoms with van der Waals surface area (Å²) in [5, 5.41) is 0. The van der Waals surface area contributed by atoms with Gasteiger partial charge >= 0.3 is 5.97 Å². The minimum absolute atomic E-state index is 0.134. The maximum absolute atomic E-state index is 12.7. The SMILES string of the molecule is Cc1ccc(S(=O)(=O)Cc2ccc(C(=O)Oc3ccc(-c4cccc(C)c4)cc3C)cc2)cc1. The normalized spacial score (nSPS) is 11.3. The lowest BCUT2D eigenvalue weighted by molar-refractivity contribution is 0.0733. The number of esters is 1. The van der Waals surface area contributed by atoms with Gasteiger partial charge in [-0.2, -0.15) is 0 Å². The minimum Gasteiger partial charge on any atom is -0.423 e. The zero-order chi connectivity index (χ0) is 24.3. The number of rotatable bonds is 6. The zero-order valence-corrected chi connectivity index (χ0v) is 20.2. The van der Waals surface area contributed by atoms with Crippen LogP contribution in [0.4, 0.5) is 0 Å². The second-order valence-corrected chi connectivity index (χ2v) is 10.5. The first kappa shape index (κ1) is 23.5. The smallest absolute Gasteiger partial charge is 0.343 e. The number of hydrogen-bond acceptors (Lipinski definition) is 4. The first-order valence-corrected chi connectivity index (χ1v) is 12.6. The van der Waals surface area contributed by atoms with Crippen LogP contribution in [0.25, 0.3) is 11.1 Å². The van der Waals surface area contributed by atoms with Gasteiger partial charge in [0.25, 0.3) is 0 Å². The summed E-state index contributed by atoms with van der Waals surface area (Å²) in [7, 11) is -3.46. The lowest BCUT2D eigenvalue weighted by Crippen LogP contribution is -2.10. The Kier molecular flexibility index (Phi) is 6.66. The molecule has 0 atom stereocenters. The van der Waals surface area contributed by atoms with Gasteiger partial charge in [-0.25, -0.2) is 13.2 Å². The van der Waals surface area contributed by atoms with E-state index in [1.165, 1.54) is 5.56 Å². The van der Waals surface area contributed by atoms with Crippen molar-refractivity contribution in [2.24, 2.45) is 0 Å². The topological polar surface area (TPSA) is 60.4 Å². The fourth-order valence-electron chi connectivity index (χ4n) is 3.71. The quantitative estimate of drug-likeness (QED) is 0.239. The summed E-state index contributed by atoms with van der Waals surface area (Å²) in [5.41, 5.74) is 6.17. The number of carbonyl (C=O) groups excluding carboxylic acids is 1. The molecule has 4 rings (SSSR count). The summed E-state index contributed by atoms with van der Waals surface area (Å²) in [6.07, 6.45) is 0. The van der Waals surface area contributed by atoms with Crippen LogP contribution >= 0.6 is 0 Å². The summed E-state index contributed by atoms with van der Waals surface area (Å²) in [6, 6.07) is 27.2. The number of hydrogen-bond donors (Lipinski definition) is 0. The molecular weight excluding hydrogens is 444 g/mol. The van der Waals surface area contributed by atoms with Crippen LogP contribution in [0.1, 0.15) is 32.6 Å². The van der Waals surface area contributed by atoms with E-state index in [9.17, 15) is 13.2 Å². The average molecular weight is 471 g/mol. The molecule has 0 aliphatic rings. The van der Waals surface area contributed by atoms with Gasteiger partial charge in [-0.1, -0.05) is 65.7 Å². The molecule has 0 spiro atoms. The Morgan fingerprint density at radius 3 is 2.06 bits per heavy atom. The molecule has 0 radical (unpaired) electrons. The van der Waals surface area contributed by atoms with Crippen molar-refractivity contribution in [2.45, 2.75) is 31.4 Å². The number of ether oxygens (including phenoxy) is 1. The molecule has 0 fully saturated rings. The molecule has 0 saturated carbocycles. The van der Waals surface area contributed by atoms with Crippen LogP contribution in [0.2, 0.25) is 0 Å². The van der Waals surface area contributed by atoms with Crippen molar-refractivity contribution in [3.8, 4) is 16.9 Å². The number of sulfone groups is 1. The average Bonchev–Trinajstić information content (AvgIpc) is 2.81. The fourth-order valence-corrected chi connectivity index (χ4v) is 5.06. The molecule has 172 valence electrons. The van der Waals surface area contributed by atoms with E-state index in [0.717, 1.165) is 22.3 Å². The van der Waals surface area contributed by atoms with Crippen LogP contribution in [-0.2, 0) is 15.6 Å². The Morgan fingerprint density at radius 1 is 0.735 bits per heavy atom. The van der Waals surface area contributed by atoms with Gasteiger partial charge in [0.05, 0.1) is 16.2 Å². The molecule has 0 N–H and O–H groups in total. The third kappa shape index (κ3) is 5.43. The van der Waals surface area contributed by atoms with Gasteiger partial charge in [-0.05, 0) is 79.4 Å². The minimum atomic E-state index is -3.46. The van der Waals surface area contributed by atoms with E-state index in [1.807, 2.05) is 38.1 Å². The maximum atomic E-state index is 12.7. The Hall–Kier alpha value is -3.70. The van der Waals surface area contributed by atoms with Crippen LogP contribution in [0.5, 0.6) is 5.75 Å². The molecule has 4 nitrogen and oxygen atoms in total. The highest BCUT2D eigenvalue weighted by Crippen LogP contribution is 2.27. The van der Waals surface area contributed by atoms with Crippen LogP contribution in [0, 0.1) is 20.8 Å². The van der Waals surface area contributed by atoms with Crippen molar-refractivity contribution in [1.29, 1.82) is 0 Å². The molecule has 0 amide bonds. The number of benzene rings is 4. The third-order valence-corrected chi connectivity index (χ3v) is 7.36. The summed E-state index contributed by atoms with van der Waals surface area (Å²) in [6.45, 7) is 5.87. The molecule has 4 aromatic rings. The molecule has 34 heavy (non-hydrogen) atoms. The standard InChI is InChI=1S/C29H26O4S/c1-20-7-14-27(15-8-20)34(31,32)19-23-9-11-24(12-10-23)29(30)33-28-16-13-26(18-22(28)3)25-6-4-5-21(2)17-25/h4-18H,19H2,1-3H3. The highest BCUT2D eigenvalue weighted by atomic mass is 32.2. The summed E-state index contributed by atoms with van der Waals surface area (Å²) in [4.78, 5) is 13.0. The fraction of sp³-hybridized carbons (Fsp3) is 0.138. The van der Waals surface area contributed by atoms with Crippen molar-refractivity contribution in [1.82, 2.24) is 0 Å². The zero-order valence-electron chi connectivity index (χ0n) is 19.4. The molecule has 0 aliphatic heterocycles. The van der Waals surface area contributed by atoms with Gasteiger partial charge in [0.15, 0.2) is 9.84 Å². The first-order chi connectivity index (χ1) is 16.2. The van der Waals surface area contributed by atoms with E-state index in [-0.39, 0.29) is 10.6 Å². The number of carbonyl (C=O) groups is 1. The molecule has 0 aromatic heterocycles. The van der Waals surface area contributed by atoms with E-state index in [0.29, 0.717) is 16.9 Å². The molecule has 5 heteroatoms. The van der Waals surface area contributed by atoms with Crippen molar-refractivity contribution in [2.75, 3.05) is 0 Å². The van der Waals surface area contributed by atoms with Crippen LogP contribution < -0.4 is 4.74 Å². The predicted molar refractivity (Wildman–Crippen MR) is 135 cm³/mol. The molecule has 4 aromatic carbocycles. The van der Waals surface area contributed by atoms with Crippen molar-refractivity contribution < 1.29 is 17.9 Å². The van der Waals surface area contributed by atoms with E-state index < -0.39 is 15.8 Å². The van der Waals surface area contributed by atoms with Crippen LogP contribution in [-0.4, -0.2) is 14.4 Å².